The Morgan fingerprint density at radius 3 is 2.63 bits per heavy atom. The third-order valence-electron chi connectivity index (χ3n) is 2.95. The Labute approximate surface area is 114 Å². The predicted octanol–water partition coefficient (Wildman–Crippen LogP) is 1.71. The van der Waals surface area contributed by atoms with E-state index in [0.29, 0.717) is 13.0 Å². The second-order valence-corrected chi connectivity index (χ2v) is 5.99. The topological polar surface area (TPSA) is 50.4 Å². The molecule has 0 saturated carbocycles. The van der Waals surface area contributed by atoms with Crippen LogP contribution in [0.3, 0.4) is 0 Å². The molecule has 1 heterocycles. The number of amides is 1. The van der Waals surface area contributed by atoms with E-state index in [1.165, 1.54) is 0 Å². The Hall–Kier alpha value is -1.55. The molecule has 2 rings (SSSR count). The maximum atomic E-state index is 12.0. The van der Waals surface area contributed by atoms with Crippen molar-refractivity contribution in [1.82, 2.24) is 10.6 Å². The number of carbonyl (C=O) groups excluding carboxylic acids is 1. The van der Waals surface area contributed by atoms with Crippen LogP contribution >= 0.6 is 0 Å². The summed E-state index contributed by atoms with van der Waals surface area (Å²) in [6.45, 7) is 6.66. The van der Waals surface area contributed by atoms with E-state index < -0.39 is 0 Å². The zero-order valence-electron chi connectivity index (χ0n) is 11.8. The molecular formula is C15H22N2O2. The van der Waals surface area contributed by atoms with Crippen LogP contribution in [-0.4, -0.2) is 30.1 Å². The van der Waals surface area contributed by atoms with Gasteiger partial charge in [0, 0.05) is 18.5 Å². The fourth-order valence-electron chi connectivity index (χ4n) is 2.14. The van der Waals surface area contributed by atoms with Crippen molar-refractivity contribution < 1.29 is 9.53 Å². The minimum absolute atomic E-state index is 0.0478. The van der Waals surface area contributed by atoms with E-state index in [1.54, 1.807) is 0 Å². The van der Waals surface area contributed by atoms with Crippen molar-refractivity contribution >= 4 is 5.91 Å². The van der Waals surface area contributed by atoms with Gasteiger partial charge in [-0.1, -0.05) is 18.2 Å². The fourth-order valence-corrected chi connectivity index (χ4v) is 2.14. The summed E-state index contributed by atoms with van der Waals surface area (Å²) < 4.78 is 5.84. The van der Waals surface area contributed by atoms with E-state index in [-0.39, 0.29) is 23.6 Å². The highest BCUT2D eigenvalue weighted by Crippen LogP contribution is 2.17. The van der Waals surface area contributed by atoms with Gasteiger partial charge in [-0.25, -0.2) is 0 Å². The van der Waals surface area contributed by atoms with Crippen LogP contribution in [-0.2, 0) is 4.79 Å². The second kappa shape index (κ2) is 5.61. The molecule has 1 aliphatic heterocycles. The monoisotopic (exact) mass is 262 g/mol. The van der Waals surface area contributed by atoms with Crippen molar-refractivity contribution in [2.75, 3.05) is 6.54 Å². The average molecular weight is 262 g/mol. The van der Waals surface area contributed by atoms with Crippen molar-refractivity contribution in [2.24, 2.45) is 0 Å². The lowest BCUT2D eigenvalue weighted by atomic mass is 10.1. The Bertz CT molecular complexity index is 426. The van der Waals surface area contributed by atoms with Crippen LogP contribution in [0.25, 0.3) is 0 Å². The minimum Gasteiger partial charge on any atom is -0.489 e. The maximum absolute atomic E-state index is 12.0. The van der Waals surface area contributed by atoms with E-state index in [2.05, 4.69) is 10.6 Å². The molecule has 2 N–H and O–H groups in total. The molecule has 1 amide bonds. The molecule has 2 atom stereocenters. The first-order chi connectivity index (χ1) is 8.94. The Morgan fingerprint density at radius 1 is 1.32 bits per heavy atom. The van der Waals surface area contributed by atoms with Crippen molar-refractivity contribution in [1.29, 1.82) is 0 Å². The summed E-state index contributed by atoms with van der Waals surface area (Å²) in [5.74, 6) is 0.901. The highest BCUT2D eigenvalue weighted by atomic mass is 16.5. The number of hydrogen-bond donors (Lipinski definition) is 2. The zero-order valence-corrected chi connectivity index (χ0v) is 11.8. The van der Waals surface area contributed by atoms with Crippen molar-refractivity contribution in [2.45, 2.75) is 44.9 Å². The molecule has 0 aromatic heterocycles. The molecule has 0 aliphatic carbocycles. The van der Waals surface area contributed by atoms with Gasteiger partial charge in [0.25, 0.3) is 0 Å². The molecule has 0 spiro atoms. The third kappa shape index (κ3) is 4.24. The largest absolute Gasteiger partial charge is 0.489 e. The molecule has 1 unspecified atom stereocenters. The van der Waals surface area contributed by atoms with Gasteiger partial charge >= 0.3 is 0 Å². The molecule has 1 aromatic carbocycles. The standard InChI is InChI=1S/C15H22N2O2/c1-15(2,3)17-14(18)13-9-12(10-16-13)19-11-7-5-4-6-8-11/h4-8,12-13,16H,9-10H2,1-3H3,(H,17,18)/t12-,13?/m0/s1. The van der Waals surface area contributed by atoms with E-state index in [9.17, 15) is 4.79 Å². The van der Waals surface area contributed by atoms with Crippen LogP contribution in [0, 0.1) is 0 Å². The molecule has 1 saturated heterocycles. The van der Waals surface area contributed by atoms with Gasteiger partial charge in [-0.15, -0.1) is 0 Å². The second-order valence-electron chi connectivity index (χ2n) is 5.99. The summed E-state index contributed by atoms with van der Waals surface area (Å²) >= 11 is 0. The molecule has 4 nitrogen and oxygen atoms in total. The molecule has 1 fully saturated rings. The van der Waals surface area contributed by atoms with E-state index in [4.69, 9.17) is 4.74 Å². The van der Waals surface area contributed by atoms with Crippen LogP contribution < -0.4 is 15.4 Å². The number of benzene rings is 1. The van der Waals surface area contributed by atoms with Gasteiger partial charge in [0.05, 0.1) is 6.04 Å². The smallest absolute Gasteiger partial charge is 0.237 e. The van der Waals surface area contributed by atoms with Crippen molar-refractivity contribution in [3.05, 3.63) is 30.3 Å². The van der Waals surface area contributed by atoms with Crippen LogP contribution in [0.1, 0.15) is 27.2 Å². The molecule has 4 heteroatoms. The highest BCUT2D eigenvalue weighted by Gasteiger charge is 2.32. The van der Waals surface area contributed by atoms with Crippen LogP contribution in [0.15, 0.2) is 30.3 Å². The van der Waals surface area contributed by atoms with Gasteiger partial charge in [-0.05, 0) is 32.9 Å². The lowest BCUT2D eigenvalue weighted by molar-refractivity contribution is -0.124. The van der Waals surface area contributed by atoms with Crippen LogP contribution in [0.5, 0.6) is 5.75 Å². The van der Waals surface area contributed by atoms with Gasteiger partial charge < -0.3 is 15.4 Å². The van der Waals surface area contributed by atoms with Gasteiger partial charge in [0.15, 0.2) is 0 Å². The molecule has 104 valence electrons. The number of ether oxygens (including phenoxy) is 1. The Morgan fingerprint density at radius 2 is 2.00 bits per heavy atom. The number of rotatable bonds is 3. The summed E-state index contributed by atoms with van der Waals surface area (Å²) in [5, 5.41) is 6.20. The minimum atomic E-state index is -0.197. The number of para-hydroxylation sites is 1. The molecule has 1 aliphatic rings. The van der Waals surface area contributed by atoms with Crippen molar-refractivity contribution in [3.8, 4) is 5.75 Å². The normalized spacial score (nSPS) is 23.1. The summed E-state index contributed by atoms with van der Waals surface area (Å²) in [5.41, 5.74) is -0.197. The van der Waals surface area contributed by atoms with Gasteiger partial charge in [-0.3, -0.25) is 4.79 Å². The third-order valence-corrected chi connectivity index (χ3v) is 2.95. The first-order valence-electron chi connectivity index (χ1n) is 6.71. The highest BCUT2D eigenvalue weighted by molar-refractivity contribution is 5.82. The maximum Gasteiger partial charge on any atom is 0.237 e. The summed E-state index contributed by atoms with van der Waals surface area (Å²) in [6.07, 6.45) is 0.759. The summed E-state index contributed by atoms with van der Waals surface area (Å²) in [7, 11) is 0. The predicted molar refractivity (Wildman–Crippen MR) is 75.2 cm³/mol. The van der Waals surface area contributed by atoms with Gasteiger partial charge in [-0.2, -0.15) is 0 Å². The molecule has 19 heavy (non-hydrogen) atoms. The quantitative estimate of drug-likeness (QED) is 0.872. The Kier molecular flexibility index (Phi) is 4.10. The molecule has 0 bridgehead atoms. The van der Waals surface area contributed by atoms with E-state index >= 15 is 0 Å². The Balaban J connectivity index is 1.85. The summed E-state index contributed by atoms with van der Waals surface area (Å²) in [6, 6.07) is 9.56. The van der Waals surface area contributed by atoms with E-state index in [0.717, 1.165) is 5.75 Å². The average Bonchev–Trinajstić information content (AvgIpc) is 2.77. The lowest BCUT2D eigenvalue weighted by Crippen LogP contribution is -2.48. The first kappa shape index (κ1) is 13.9. The summed E-state index contributed by atoms with van der Waals surface area (Å²) in [4.78, 5) is 12.0. The van der Waals surface area contributed by atoms with Crippen molar-refractivity contribution in [3.63, 3.8) is 0 Å². The van der Waals surface area contributed by atoms with Crippen LogP contribution in [0.4, 0.5) is 0 Å². The van der Waals surface area contributed by atoms with Gasteiger partial charge in [0.2, 0.25) is 5.91 Å². The SMILES string of the molecule is CC(C)(C)NC(=O)C1C[C@H](Oc2ccccc2)CN1. The number of hydrogen-bond acceptors (Lipinski definition) is 3. The van der Waals surface area contributed by atoms with Crippen LogP contribution in [0.2, 0.25) is 0 Å². The van der Waals surface area contributed by atoms with E-state index in [1.807, 2.05) is 51.1 Å². The fraction of sp³-hybridized carbons (Fsp3) is 0.533. The molecule has 1 aromatic rings. The number of carbonyl (C=O) groups is 1. The van der Waals surface area contributed by atoms with Gasteiger partial charge in [0.1, 0.15) is 11.9 Å². The zero-order chi connectivity index (χ0) is 13.9. The lowest BCUT2D eigenvalue weighted by Gasteiger charge is -2.23. The molecule has 0 radical (unpaired) electrons. The first-order valence-corrected chi connectivity index (χ1v) is 6.71. The molecular weight excluding hydrogens is 240 g/mol. The number of nitrogens with one attached hydrogen (secondary N) is 2.